The van der Waals surface area contributed by atoms with E-state index >= 15 is 0 Å². The monoisotopic (exact) mass is 223 g/mol. The molecule has 2 unspecified atom stereocenters. The first kappa shape index (κ1) is 13.2. The second-order valence-electron chi connectivity index (χ2n) is 4.55. The molecule has 0 saturated heterocycles. The molecule has 2 heteroatoms. The summed E-state index contributed by atoms with van der Waals surface area (Å²) in [5.41, 5.74) is 1.09. The Balaban J connectivity index is 2.48. The zero-order valence-electron chi connectivity index (χ0n) is 10.5. The van der Waals surface area contributed by atoms with Gasteiger partial charge in [-0.2, -0.15) is 0 Å². The molecule has 0 aliphatic heterocycles. The molecule has 0 radical (unpaired) electrons. The minimum Gasteiger partial charge on any atom is -0.314 e. The van der Waals surface area contributed by atoms with Crippen molar-refractivity contribution in [2.45, 2.75) is 45.6 Å². The van der Waals surface area contributed by atoms with E-state index in [1.807, 2.05) is 6.07 Å². The van der Waals surface area contributed by atoms with Gasteiger partial charge in [0, 0.05) is 6.04 Å². The third-order valence-electron chi connectivity index (χ3n) is 2.87. The lowest BCUT2D eigenvalue weighted by Gasteiger charge is -2.18. The quantitative estimate of drug-likeness (QED) is 0.775. The predicted molar refractivity (Wildman–Crippen MR) is 67.2 cm³/mol. The minimum absolute atomic E-state index is 0.140. The fourth-order valence-corrected chi connectivity index (χ4v) is 1.95. The van der Waals surface area contributed by atoms with Crippen molar-refractivity contribution in [3.05, 3.63) is 35.6 Å². The maximum Gasteiger partial charge on any atom is 0.123 e. The molecular formula is C14H22FN. The maximum atomic E-state index is 13.1. The van der Waals surface area contributed by atoms with Crippen molar-refractivity contribution < 1.29 is 4.39 Å². The SMILES string of the molecule is CCCNC(C)CC(C)c1cccc(F)c1. The molecule has 0 spiro atoms. The largest absolute Gasteiger partial charge is 0.314 e. The van der Waals surface area contributed by atoms with Crippen molar-refractivity contribution in [1.82, 2.24) is 5.32 Å². The first-order valence-corrected chi connectivity index (χ1v) is 6.12. The van der Waals surface area contributed by atoms with Gasteiger partial charge in [-0.05, 0) is 49.9 Å². The van der Waals surface area contributed by atoms with E-state index in [0.717, 1.165) is 24.9 Å². The van der Waals surface area contributed by atoms with E-state index in [2.05, 4.69) is 26.1 Å². The molecule has 0 heterocycles. The second kappa shape index (κ2) is 6.64. The van der Waals surface area contributed by atoms with Crippen LogP contribution in [0.5, 0.6) is 0 Å². The van der Waals surface area contributed by atoms with Crippen LogP contribution in [0.3, 0.4) is 0 Å². The van der Waals surface area contributed by atoms with Crippen LogP contribution in [0, 0.1) is 5.82 Å². The lowest BCUT2D eigenvalue weighted by molar-refractivity contribution is 0.478. The van der Waals surface area contributed by atoms with Crippen molar-refractivity contribution in [3.63, 3.8) is 0 Å². The first-order valence-electron chi connectivity index (χ1n) is 6.12. The van der Waals surface area contributed by atoms with Gasteiger partial charge in [0.1, 0.15) is 5.82 Å². The molecule has 1 rings (SSSR count). The number of hydrogen-bond acceptors (Lipinski definition) is 1. The van der Waals surface area contributed by atoms with Crippen LogP contribution in [-0.4, -0.2) is 12.6 Å². The predicted octanol–water partition coefficient (Wildman–Crippen LogP) is 3.71. The van der Waals surface area contributed by atoms with Gasteiger partial charge < -0.3 is 5.32 Å². The molecule has 1 aromatic carbocycles. The van der Waals surface area contributed by atoms with Crippen LogP contribution in [0.2, 0.25) is 0 Å². The summed E-state index contributed by atoms with van der Waals surface area (Å²) < 4.78 is 13.1. The zero-order valence-corrected chi connectivity index (χ0v) is 10.5. The lowest BCUT2D eigenvalue weighted by atomic mass is 9.94. The van der Waals surface area contributed by atoms with Crippen molar-refractivity contribution in [2.24, 2.45) is 0 Å². The Morgan fingerprint density at radius 1 is 1.31 bits per heavy atom. The van der Waals surface area contributed by atoms with Crippen LogP contribution in [0.1, 0.15) is 45.1 Å². The summed E-state index contributed by atoms with van der Waals surface area (Å²) in [7, 11) is 0. The fraction of sp³-hybridized carbons (Fsp3) is 0.571. The highest BCUT2D eigenvalue weighted by Gasteiger charge is 2.10. The van der Waals surface area contributed by atoms with Gasteiger partial charge in [-0.3, -0.25) is 0 Å². The van der Waals surface area contributed by atoms with E-state index in [1.54, 1.807) is 12.1 Å². The Hall–Kier alpha value is -0.890. The Kier molecular flexibility index (Phi) is 5.47. The third-order valence-corrected chi connectivity index (χ3v) is 2.87. The molecule has 1 aromatic rings. The molecule has 0 fully saturated rings. The molecule has 0 aromatic heterocycles. The molecule has 0 amide bonds. The highest BCUT2D eigenvalue weighted by molar-refractivity contribution is 5.20. The average Bonchev–Trinajstić information content (AvgIpc) is 2.26. The topological polar surface area (TPSA) is 12.0 Å². The number of halogens is 1. The smallest absolute Gasteiger partial charge is 0.123 e. The standard InChI is InChI=1S/C14H22FN/c1-4-8-16-12(3)9-11(2)13-6-5-7-14(15)10-13/h5-7,10-12,16H,4,8-9H2,1-3H3. The van der Waals surface area contributed by atoms with Gasteiger partial charge >= 0.3 is 0 Å². The van der Waals surface area contributed by atoms with E-state index in [-0.39, 0.29) is 5.82 Å². The number of benzene rings is 1. The van der Waals surface area contributed by atoms with E-state index in [4.69, 9.17) is 0 Å². The van der Waals surface area contributed by atoms with Gasteiger partial charge in [0.25, 0.3) is 0 Å². The summed E-state index contributed by atoms with van der Waals surface area (Å²) in [6.07, 6.45) is 2.20. The molecule has 0 aliphatic carbocycles. The Morgan fingerprint density at radius 3 is 2.69 bits per heavy atom. The molecule has 2 atom stereocenters. The van der Waals surface area contributed by atoms with Gasteiger partial charge in [-0.15, -0.1) is 0 Å². The van der Waals surface area contributed by atoms with Crippen molar-refractivity contribution in [2.75, 3.05) is 6.54 Å². The van der Waals surface area contributed by atoms with Gasteiger partial charge in [-0.25, -0.2) is 4.39 Å². The fourth-order valence-electron chi connectivity index (χ4n) is 1.95. The maximum absolute atomic E-state index is 13.1. The number of nitrogens with one attached hydrogen (secondary N) is 1. The van der Waals surface area contributed by atoms with Gasteiger partial charge in [0.05, 0.1) is 0 Å². The van der Waals surface area contributed by atoms with Gasteiger partial charge in [0.15, 0.2) is 0 Å². The summed E-state index contributed by atoms with van der Waals surface area (Å²) in [5, 5.41) is 3.45. The van der Waals surface area contributed by atoms with Crippen LogP contribution in [-0.2, 0) is 0 Å². The second-order valence-corrected chi connectivity index (χ2v) is 4.55. The summed E-state index contributed by atoms with van der Waals surface area (Å²) in [6, 6.07) is 7.40. The average molecular weight is 223 g/mol. The number of rotatable bonds is 6. The third kappa shape index (κ3) is 4.31. The van der Waals surface area contributed by atoms with Crippen LogP contribution < -0.4 is 5.32 Å². The van der Waals surface area contributed by atoms with E-state index < -0.39 is 0 Å². The summed E-state index contributed by atoms with van der Waals surface area (Å²) in [6.45, 7) is 7.55. The summed E-state index contributed by atoms with van der Waals surface area (Å²) >= 11 is 0. The lowest BCUT2D eigenvalue weighted by Crippen LogP contribution is -2.28. The van der Waals surface area contributed by atoms with Crippen LogP contribution in [0.15, 0.2) is 24.3 Å². The Labute approximate surface area is 98.1 Å². The van der Waals surface area contributed by atoms with Crippen molar-refractivity contribution >= 4 is 0 Å². The highest BCUT2D eigenvalue weighted by Crippen LogP contribution is 2.21. The van der Waals surface area contributed by atoms with E-state index in [9.17, 15) is 4.39 Å². The van der Waals surface area contributed by atoms with Crippen LogP contribution in [0.4, 0.5) is 4.39 Å². The van der Waals surface area contributed by atoms with Crippen LogP contribution in [0.25, 0.3) is 0 Å². The molecule has 0 saturated carbocycles. The Morgan fingerprint density at radius 2 is 2.06 bits per heavy atom. The zero-order chi connectivity index (χ0) is 12.0. The first-order chi connectivity index (χ1) is 7.63. The van der Waals surface area contributed by atoms with Gasteiger partial charge in [0.2, 0.25) is 0 Å². The molecular weight excluding hydrogens is 201 g/mol. The van der Waals surface area contributed by atoms with Crippen LogP contribution >= 0.6 is 0 Å². The van der Waals surface area contributed by atoms with E-state index in [0.29, 0.717) is 12.0 Å². The number of hydrogen-bond donors (Lipinski definition) is 1. The minimum atomic E-state index is -0.140. The molecule has 90 valence electrons. The van der Waals surface area contributed by atoms with E-state index in [1.165, 1.54) is 6.07 Å². The molecule has 0 aliphatic rings. The molecule has 1 nitrogen and oxygen atoms in total. The highest BCUT2D eigenvalue weighted by atomic mass is 19.1. The summed E-state index contributed by atoms with van der Waals surface area (Å²) in [4.78, 5) is 0. The molecule has 16 heavy (non-hydrogen) atoms. The van der Waals surface area contributed by atoms with Gasteiger partial charge in [-0.1, -0.05) is 26.0 Å². The normalized spacial score (nSPS) is 14.8. The molecule has 0 bridgehead atoms. The summed E-state index contributed by atoms with van der Waals surface area (Å²) in [5.74, 6) is 0.258. The van der Waals surface area contributed by atoms with Crippen molar-refractivity contribution in [1.29, 1.82) is 0 Å². The Bertz CT molecular complexity index is 311. The molecule has 1 N–H and O–H groups in total. The van der Waals surface area contributed by atoms with Crippen molar-refractivity contribution in [3.8, 4) is 0 Å².